The number of esters is 2. The highest BCUT2D eigenvalue weighted by molar-refractivity contribution is 8.18. The van der Waals surface area contributed by atoms with Gasteiger partial charge in [0.15, 0.2) is 17.5 Å². The minimum absolute atomic E-state index is 0.0197. The Labute approximate surface area is 280 Å². The molecule has 0 bridgehead atoms. The highest BCUT2D eigenvalue weighted by Crippen LogP contribution is 2.52. The highest BCUT2D eigenvalue weighted by atomic mass is 32.2. The molecule has 2 aliphatic rings. The molecule has 0 amide bonds. The topological polar surface area (TPSA) is 178 Å². The van der Waals surface area contributed by atoms with Crippen molar-refractivity contribution in [2.24, 2.45) is 0 Å². The van der Waals surface area contributed by atoms with Crippen LogP contribution in [0.4, 0.5) is 13.2 Å². The standard InChI is InChI=1S/C30H33F3N8O7S/c1-15(42)47-13-26-30(48-16(2)43)28(41-9-21(36-39-41)17-6-18(31)27(33)19(32)7-17)24(45-3)14-49(26)25-12-46-11-23(29(25)44)40-10-22(37-38-40)20-8-34-4-5-35-20/h4-10,23-26,28-30,44,49H,11-14H2,1-3H3/t23-,24-,25+,26+,28-,29+,30-/m0/s1. The van der Waals surface area contributed by atoms with E-state index in [-0.39, 0.29) is 31.1 Å². The first-order valence-electron chi connectivity index (χ1n) is 15.2. The quantitative estimate of drug-likeness (QED) is 0.147. The van der Waals surface area contributed by atoms with Crippen molar-refractivity contribution < 1.29 is 46.8 Å². The lowest BCUT2D eigenvalue weighted by molar-refractivity contribution is -0.154. The maximum Gasteiger partial charge on any atom is 0.303 e. The summed E-state index contributed by atoms with van der Waals surface area (Å²) in [5.74, 6) is -5.31. The number of hydrogen-bond acceptors (Lipinski definition) is 13. The number of thiol groups is 1. The molecular formula is C30H33F3N8O7S. The van der Waals surface area contributed by atoms with Crippen molar-refractivity contribution in [2.75, 3.05) is 32.7 Å². The van der Waals surface area contributed by atoms with Gasteiger partial charge in [0.25, 0.3) is 0 Å². The number of aliphatic hydroxyl groups excluding tert-OH is 1. The van der Waals surface area contributed by atoms with Crippen LogP contribution in [0.15, 0.2) is 43.1 Å². The van der Waals surface area contributed by atoms with E-state index in [1.807, 2.05) is 0 Å². The summed E-state index contributed by atoms with van der Waals surface area (Å²) in [5, 5.41) is 27.3. The lowest BCUT2D eigenvalue weighted by Crippen LogP contribution is -2.57. The van der Waals surface area contributed by atoms with E-state index in [1.165, 1.54) is 48.9 Å². The molecule has 0 spiro atoms. The second-order valence-corrected chi connectivity index (χ2v) is 14.3. The molecule has 1 unspecified atom stereocenters. The van der Waals surface area contributed by atoms with Gasteiger partial charge in [0.2, 0.25) is 0 Å². The number of ether oxygens (including phenoxy) is 4. The van der Waals surface area contributed by atoms with Crippen LogP contribution < -0.4 is 0 Å². The molecule has 0 saturated carbocycles. The average Bonchev–Trinajstić information content (AvgIpc) is 3.77. The predicted octanol–water partition coefficient (Wildman–Crippen LogP) is 1.85. The first-order valence-corrected chi connectivity index (χ1v) is 16.8. The van der Waals surface area contributed by atoms with E-state index in [0.29, 0.717) is 17.1 Å². The summed E-state index contributed by atoms with van der Waals surface area (Å²) in [6.07, 6.45) is 4.90. The minimum atomic E-state index is -1.62. The third kappa shape index (κ3) is 7.15. The van der Waals surface area contributed by atoms with Crippen LogP contribution in [0.1, 0.15) is 25.9 Å². The zero-order valence-electron chi connectivity index (χ0n) is 26.5. The summed E-state index contributed by atoms with van der Waals surface area (Å²) in [4.78, 5) is 32.9. The van der Waals surface area contributed by atoms with Crippen LogP contribution in [0.2, 0.25) is 0 Å². The number of rotatable bonds is 9. The van der Waals surface area contributed by atoms with Crippen molar-refractivity contribution in [1.82, 2.24) is 40.0 Å². The van der Waals surface area contributed by atoms with Crippen molar-refractivity contribution in [3.8, 4) is 22.6 Å². The van der Waals surface area contributed by atoms with Gasteiger partial charge in [-0.3, -0.25) is 19.6 Å². The molecule has 2 aliphatic heterocycles. The molecule has 3 aromatic heterocycles. The SMILES string of the molecule is CO[C@H]1C[SH]([C@@H]2COC[C@H](n3cc(-c4cnccn4)nn3)[C@H]2O)[C@H](COC(C)=O)[C@H](OC(C)=O)[C@H]1n1cc(-c2cc(F)c(F)c(F)c2)nn1. The number of nitrogens with zero attached hydrogens (tertiary/aromatic N) is 8. The van der Waals surface area contributed by atoms with E-state index < -0.39 is 81.2 Å². The van der Waals surface area contributed by atoms with Crippen LogP contribution in [-0.2, 0) is 28.5 Å². The predicted molar refractivity (Wildman–Crippen MR) is 166 cm³/mol. The van der Waals surface area contributed by atoms with Gasteiger partial charge in [-0.2, -0.15) is 0 Å². The maximum atomic E-state index is 14.0. The zero-order chi connectivity index (χ0) is 34.8. The molecule has 2 fully saturated rings. The van der Waals surface area contributed by atoms with Gasteiger partial charge in [-0.05, 0) is 12.1 Å². The molecule has 1 aromatic carbocycles. The second-order valence-electron chi connectivity index (χ2n) is 11.6. The molecule has 5 heterocycles. The van der Waals surface area contributed by atoms with Crippen molar-refractivity contribution in [3.63, 3.8) is 0 Å². The van der Waals surface area contributed by atoms with Crippen LogP contribution in [0, 0.1) is 17.5 Å². The Morgan fingerprint density at radius 3 is 2.39 bits per heavy atom. The maximum absolute atomic E-state index is 14.0. The van der Waals surface area contributed by atoms with E-state index in [9.17, 15) is 27.9 Å². The number of aliphatic hydroxyl groups is 1. The number of aromatic nitrogens is 8. The number of hydrogen-bond donors (Lipinski definition) is 2. The van der Waals surface area contributed by atoms with Crippen molar-refractivity contribution >= 4 is 22.8 Å². The van der Waals surface area contributed by atoms with E-state index in [4.69, 9.17) is 18.9 Å². The number of methoxy groups -OCH3 is 1. The third-order valence-electron chi connectivity index (χ3n) is 8.54. The molecule has 0 radical (unpaired) electrons. The van der Waals surface area contributed by atoms with Crippen molar-refractivity contribution in [3.05, 3.63) is 60.6 Å². The second kappa shape index (κ2) is 14.6. The Bertz CT molecular complexity index is 1780. The Morgan fingerprint density at radius 1 is 1.00 bits per heavy atom. The van der Waals surface area contributed by atoms with Crippen molar-refractivity contribution in [1.29, 1.82) is 0 Å². The van der Waals surface area contributed by atoms with E-state index in [1.54, 1.807) is 12.4 Å². The molecule has 4 aromatic rings. The van der Waals surface area contributed by atoms with Gasteiger partial charge in [0, 0.05) is 49.9 Å². The van der Waals surface area contributed by atoms with Gasteiger partial charge < -0.3 is 24.1 Å². The minimum Gasteiger partial charge on any atom is -0.465 e. The summed E-state index contributed by atoms with van der Waals surface area (Å²) in [7, 11) is 0.0639. The van der Waals surface area contributed by atoms with Crippen LogP contribution in [0.5, 0.6) is 0 Å². The van der Waals surface area contributed by atoms with Gasteiger partial charge in [-0.25, -0.2) is 33.4 Å². The fraction of sp³-hybridized carbons (Fsp3) is 0.467. The summed E-state index contributed by atoms with van der Waals surface area (Å²) in [6.45, 7) is 2.59. The van der Waals surface area contributed by atoms with Gasteiger partial charge in [-0.15, -0.1) is 10.2 Å². The molecule has 6 rings (SSSR count). The van der Waals surface area contributed by atoms with Gasteiger partial charge in [0.1, 0.15) is 41.9 Å². The fourth-order valence-electron chi connectivity index (χ4n) is 6.26. The first-order chi connectivity index (χ1) is 23.5. The van der Waals surface area contributed by atoms with E-state index in [2.05, 4.69) is 30.6 Å². The van der Waals surface area contributed by atoms with Gasteiger partial charge >= 0.3 is 11.9 Å². The molecule has 0 aliphatic carbocycles. The Kier molecular flexibility index (Phi) is 10.2. The molecule has 2 saturated heterocycles. The molecule has 19 heteroatoms. The van der Waals surface area contributed by atoms with Crippen LogP contribution in [0.25, 0.3) is 22.6 Å². The largest absolute Gasteiger partial charge is 0.465 e. The monoisotopic (exact) mass is 706 g/mol. The Balaban J connectivity index is 1.34. The number of halogens is 3. The zero-order valence-corrected chi connectivity index (χ0v) is 27.4. The number of benzene rings is 1. The van der Waals surface area contributed by atoms with Crippen molar-refractivity contribution in [2.45, 2.75) is 54.7 Å². The summed E-state index contributed by atoms with van der Waals surface area (Å²) >= 11 is 0. The normalized spacial score (nSPS) is 27.8. The summed E-state index contributed by atoms with van der Waals surface area (Å²) in [6, 6.07) is 0.0839. The first kappa shape index (κ1) is 34.4. The van der Waals surface area contributed by atoms with E-state index in [0.717, 1.165) is 12.1 Å². The van der Waals surface area contributed by atoms with E-state index >= 15 is 0 Å². The highest BCUT2D eigenvalue weighted by Gasteiger charge is 2.52. The smallest absolute Gasteiger partial charge is 0.303 e. The molecule has 15 nitrogen and oxygen atoms in total. The van der Waals surface area contributed by atoms with Gasteiger partial charge in [-0.1, -0.05) is 10.4 Å². The van der Waals surface area contributed by atoms with Gasteiger partial charge in [0.05, 0.1) is 49.3 Å². The number of carbonyl (C=O) groups is 2. The number of carbonyl (C=O) groups excluding carboxylic acids is 2. The fourth-order valence-corrected chi connectivity index (χ4v) is 9.84. The van der Waals surface area contributed by atoms with Crippen LogP contribution in [0.3, 0.4) is 0 Å². The lowest BCUT2D eigenvalue weighted by Gasteiger charge is -2.52. The molecular weight excluding hydrogens is 673 g/mol. The average molecular weight is 707 g/mol. The summed E-state index contributed by atoms with van der Waals surface area (Å²) in [5.41, 5.74) is 0.901. The summed E-state index contributed by atoms with van der Waals surface area (Å²) < 4.78 is 67.9. The molecule has 49 heavy (non-hydrogen) atoms. The molecule has 8 atom stereocenters. The third-order valence-corrected chi connectivity index (χ3v) is 11.9. The molecule has 1 N–H and O–H groups in total. The molecule has 262 valence electrons. The lowest BCUT2D eigenvalue weighted by atomic mass is 10.0. The Morgan fingerprint density at radius 2 is 1.71 bits per heavy atom. The Hall–Kier alpha value is -4.46. The van der Waals surface area contributed by atoms with Crippen LogP contribution >= 0.6 is 10.9 Å². The van der Waals surface area contributed by atoms with Crippen LogP contribution in [-0.4, -0.2) is 118 Å².